The normalized spacial score (nSPS) is 10.6. The molecule has 4 heteroatoms. The largest absolute Gasteiger partial charge is 0.369 e. The van der Waals surface area contributed by atoms with E-state index in [4.69, 9.17) is 17.3 Å². The highest BCUT2D eigenvalue weighted by atomic mass is 35.5. The fourth-order valence-electron chi connectivity index (χ4n) is 1.48. The second-order valence-corrected chi connectivity index (χ2v) is 3.58. The van der Waals surface area contributed by atoms with Gasteiger partial charge in [-0.2, -0.15) is 0 Å². The lowest BCUT2D eigenvalue weighted by Gasteiger charge is -1.95. The molecule has 0 aliphatic heterocycles. The molecule has 0 spiro atoms. The van der Waals surface area contributed by atoms with E-state index in [-0.39, 0.29) is 12.3 Å². The predicted molar refractivity (Wildman–Crippen MR) is 56.2 cm³/mol. The van der Waals surface area contributed by atoms with Gasteiger partial charge in [0, 0.05) is 22.1 Å². The first-order valence-corrected chi connectivity index (χ1v) is 4.58. The van der Waals surface area contributed by atoms with Crippen LogP contribution in [-0.4, -0.2) is 10.9 Å². The number of hydrogen-bond donors (Lipinski definition) is 2. The Morgan fingerprint density at radius 2 is 2.29 bits per heavy atom. The summed E-state index contributed by atoms with van der Waals surface area (Å²) in [6.45, 7) is 0. The van der Waals surface area contributed by atoms with Crippen LogP contribution < -0.4 is 5.73 Å². The van der Waals surface area contributed by atoms with Gasteiger partial charge in [0.25, 0.3) is 0 Å². The van der Waals surface area contributed by atoms with E-state index in [1.807, 2.05) is 12.1 Å². The average Bonchev–Trinajstić information content (AvgIpc) is 2.47. The van der Waals surface area contributed by atoms with E-state index in [1.165, 1.54) is 0 Å². The van der Waals surface area contributed by atoms with Crippen molar-refractivity contribution in [2.45, 2.75) is 6.42 Å². The Bertz CT molecular complexity index is 490. The van der Waals surface area contributed by atoms with Gasteiger partial charge in [0.2, 0.25) is 5.91 Å². The molecule has 3 nitrogen and oxygen atoms in total. The van der Waals surface area contributed by atoms with E-state index < -0.39 is 0 Å². The van der Waals surface area contributed by atoms with E-state index in [1.54, 1.807) is 12.3 Å². The Labute approximate surface area is 85.9 Å². The monoisotopic (exact) mass is 208 g/mol. The molecule has 1 amide bonds. The minimum atomic E-state index is -0.342. The first kappa shape index (κ1) is 9.09. The van der Waals surface area contributed by atoms with Crippen LogP contribution in [0.3, 0.4) is 0 Å². The average molecular weight is 209 g/mol. The predicted octanol–water partition coefficient (Wildman–Crippen LogP) is 1.85. The zero-order chi connectivity index (χ0) is 10.1. The number of primary amides is 1. The molecule has 0 atom stereocenters. The molecule has 0 aliphatic carbocycles. The molecule has 0 fully saturated rings. The van der Waals surface area contributed by atoms with Crippen molar-refractivity contribution in [3.8, 4) is 0 Å². The summed E-state index contributed by atoms with van der Waals surface area (Å²) in [5.41, 5.74) is 6.97. The lowest BCUT2D eigenvalue weighted by molar-refractivity contribution is -0.117. The van der Waals surface area contributed by atoms with Crippen LogP contribution in [0.25, 0.3) is 10.9 Å². The van der Waals surface area contributed by atoms with Gasteiger partial charge in [0.15, 0.2) is 0 Å². The second-order valence-electron chi connectivity index (χ2n) is 3.15. The van der Waals surface area contributed by atoms with Crippen molar-refractivity contribution in [2.24, 2.45) is 5.73 Å². The van der Waals surface area contributed by atoms with Gasteiger partial charge >= 0.3 is 0 Å². The van der Waals surface area contributed by atoms with Crippen LogP contribution in [0.5, 0.6) is 0 Å². The maximum absolute atomic E-state index is 10.8. The number of H-pyrrole nitrogens is 1. The summed E-state index contributed by atoms with van der Waals surface area (Å²) in [5.74, 6) is -0.342. The van der Waals surface area contributed by atoms with Gasteiger partial charge in [-0.05, 0) is 23.8 Å². The smallest absolute Gasteiger partial charge is 0.221 e. The fraction of sp³-hybridized carbons (Fsp3) is 0.100. The number of carbonyl (C=O) groups is 1. The number of nitrogens with two attached hydrogens (primary N) is 1. The van der Waals surface area contributed by atoms with Gasteiger partial charge in [-0.15, -0.1) is 0 Å². The summed E-state index contributed by atoms with van der Waals surface area (Å²) >= 11 is 5.85. The topological polar surface area (TPSA) is 58.9 Å². The van der Waals surface area contributed by atoms with Gasteiger partial charge in [-0.25, -0.2) is 0 Å². The van der Waals surface area contributed by atoms with Crippen molar-refractivity contribution >= 4 is 28.4 Å². The molecule has 0 aliphatic rings. The van der Waals surface area contributed by atoms with Crippen LogP contribution in [0.15, 0.2) is 24.4 Å². The third-order valence-electron chi connectivity index (χ3n) is 2.09. The van der Waals surface area contributed by atoms with E-state index in [9.17, 15) is 4.79 Å². The summed E-state index contributed by atoms with van der Waals surface area (Å²) in [4.78, 5) is 13.8. The highest BCUT2D eigenvalue weighted by molar-refractivity contribution is 6.31. The van der Waals surface area contributed by atoms with Crippen LogP contribution in [0.1, 0.15) is 5.56 Å². The number of nitrogens with one attached hydrogen (secondary N) is 1. The lowest BCUT2D eigenvalue weighted by atomic mass is 10.1. The summed E-state index contributed by atoms with van der Waals surface area (Å²) in [6, 6.07) is 5.50. The van der Waals surface area contributed by atoms with Crippen LogP contribution >= 0.6 is 11.6 Å². The Morgan fingerprint density at radius 1 is 1.50 bits per heavy atom. The summed E-state index contributed by atoms with van der Waals surface area (Å²) in [7, 11) is 0. The molecule has 1 aromatic heterocycles. The van der Waals surface area contributed by atoms with Gasteiger partial charge in [0.1, 0.15) is 0 Å². The van der Waals surface area contributed by atoms with Crippen molar-refractivity contribution < 1.29 is 4.79 Å². The number of benzene rings is 1. The number of aromatic amines is 1. The number of rotatable bonds is 2. The van der Waals surface area contributed by atoms with Gasteiger partial charge in [-0.1, -0.05) is 11.6 Å². The highest BCUT2D eigenvalue weighted by Crippen LogP contribution is 2.22. The van der Waals surface area contributed by atoms with Crippen molar-refractivity contribution in [2.75, 3.05) is 0 Å². The van der Waals surface area contributed by atoms with Crippen LogP contribution in [0, 0.1) is 0 Å². The highest BCUT2D eigenvalue weighted by Gasteiger charge is 2.06. The van der Waals surface area contributed by atoms with Crippen molar-refractivity contribution in [1.82, 2.24) is 4.98 Å². The SMILES string of the molecule is NC(=O)Cc1c[nH]c2ccc(Cl)cc12. The van der Waals surface area contributed by atoms with Gasteiger partial charge < -0.3 is 10.7 Å². The quantitative estimate of drug-likeness (QED) is 0.778. The number of halogens is 1. The minimum absolute atomic E-state index is 0.236. The standard InChI is InChI=1S/C10H9ClN2O/c11-7-1-2-9-8(4-7)6(5-13-9)3-10(12)14/h1-2,4-5,13H,3H2,(H2,12,14). The third kappa shape index (κ3) is 1.59. The summed E-state index contributed by atoms with van der Waals surface area (Å²) in [6.07, 6.45) is 2.02. The molecular formula is C10H9ClN2O. The molecule has 0 unspecified atom stereocenters. The van der Waals surface area contributed by atoms with E-state index in [0.717, 1.165) is 16.5 Å². The first-order valence-electron chi connectivity index (χ1n) is 4.20. The van der Waals surface area contributed by atoms with Crippen molar-refractivity contribution in [3.63, 3.8) is 0 Å². The molecule has 0 radical (unpaired) electrons. The number of amides is 1. The Hall–Kier alpha value is -1.48. The number of fused-ring (bicyclic) bond motifs is 1. The summed E-state index contributed by atoms with van der Waals surface area (Å²) < 4.78 is 0. The molecule has 0 saturated carbocycles. The molecule has 0 saturated heterocycles. The maximum Gasteiger partial charge on any atom is 0.221 e. The van der Waals surface area contributed by atoms with Crippen LogP contribution in [-0.2, 0) is 11.2 Å². The molecule has 3 N–H and O–H groups in total. The molecule has 1 heterocycles. The van der Waals surface area contributed by atoms with E-state index in [0.29, 0.717) is 5.02 Å². The van der Waals surface area contributed by atoms with Crippen LogP contribution in [0.4, 0.5) is 0 Å². The Kier molecular flexibility index (Phi) is 2.17. The van der Waals surface area contributed by atoms with E-state index >= 15 is 0 Å². The maximum atomic E-state index is 10.8. The summed E-state index contributed by atoms with van der Waals surface area (Å²) in [5, 5.41) is 1.61. The number of aromatic nitrogens is 1. The molecule has 72 valence electrons. The zero-order valence-electron chi connectivity index (χ0n) is 7.38. The van der Waals surface area contributed by atoms with E-state index in [2.05, 4.69) is 4.98 Å². The van der Waals surface area contributed by atoms with Crippen molar-refractivity contribution in [1.29, 1.82) is 0 Å². The fourth-order valence-corrected chi connectivity index (χ4v) is 1.66. The molecule has 0 bridgehead atoms. The third-order valence-corrected chi connectivity index (χ3v) is 2.33. The first-order chi connectivity index (χ1) is 6.66. The zero-order valence-corrected chi connectivity index (χ0v) is 8.14. The molecule has 14 heavy (non-hydrogen) atoms. The lowest BCUT2D eigenvalue weighted by Crippen LogP contribution is -2.13. The Balaban J connectivity index is 2.55. The molecule has 2 aromatic rings. The second kappa shape index (κ2) is 3.35. The molecular weight excluding hydrogens is 200 g/mol. The van der Waals surface area contributed by atoms with Crippen LogP contribution in [0.2, 0.25) is 5.02 Å². The molecule has 1 aromatic carbocycles. The van der Waals surface area contributed by atoms with Crippen molar-refractivity contribution in [3.05, 3.63) is 35.0 Å². The molecule has 2 rings (SSSR count). The minimum Gasteiger partial charge on any atom is -0.369 e. The number of hydrogen-bond acceptors (Lipinski definition) is 1. The van der Waals surface area contributed by atoms with Gasteiger partial charge in [-0.3, -0.25) is 4.79 Å². The van der Waals surface area contributed by atoms with Gasteiger partial charge in [0.05, 0.1) is 6.42 Å². The Morgan fingerprint density at radius 3 is 3.00 bits per heavy atom. The number of carbonyl (C=O) groups excluding carboxylic acids is 1.